The molecule has 1 fully saturated rings. The molecule has 0 atom stereocenters. The van der Waals surface area contributed by atoms with Crippen LogP contribution in [-0.4, -0.2) is 33.3 Å². The summed E-state index contributed by atoms with van der Waals surface area (Å²) in [6.45, 7) is 2.05. The molecule has 2 rings (SSSR count). The van der Waals surface area contributed by atoms with Crippen LogP contribution in [0.25, 0.3) is 0 Å². The number of halogens is 1. The molecule has 1 aliphatic rings. The molecule has 5 heteroatoms. The van der Waals surface area contributed by atoms with E-state index in [9.17, 15) is 4.79 Å². The predicted octanol–water partition coefficient (Wildman–Crippen LogP) is 2.37. The molecule has 1 aromatic carbocycles. The van der Waals surface area contributed by atoms with Crippen LogP contribution < -0.4 is 10.1 Å². The topological polar surface area (TPSA) is 47.6 Å². The van der Waals surface area contributed by atoms with Crippen molar-refractivity contribution in [3.63, 3.8) is 0 Å². The maximum absolute atomic E-state index is 11.6. The maximum atomic E-state index is 11.6. The van der Waals surface area contributed by atoms with Crippen molar-refractivity contribution in [1.82, 2.24) is 5.32 Å². The second-order valence-corrected chi connectivity index (χ2v) is 4.51. The molecule has 19 heavy (non-hydrogen) atoms. The van der Waals surface area contributed by atoms with E-state index in [1.807, 2.05) is 12.1 Å². The molecule has 0 aromatic heterocycles. The normalized spacial score (nSPS) is 15.5. The van der Waals surface area contributed by atoms with Crippen molar-refractivity contribution in [2.75, 3.05) is 27.3 Å². The molecule has 0 unspecified atom stereocenters. The monoisotopic (exact) mass is 285 g/mol. The number of ether oxygens (including phenoxy) is 2. The number of carbonyl (C=O) groups is 1. The molecule has 0 aliphatic carbocycles. The smallest absolute Gasteiger partial charge is 0.337 e. The Balaban J connectivity index is 0.00000180. The standard InChI is InChI=1S/C14H19NO3.ClH/c1-17-13-8-11(10-3-5-15-6-4-10)7-12(9-13)14(16)18-2;/h7-10,15H,3-6H2,1-2H3;1H. The van der Waals surface area contributed by atoms with E-state index in [0.29, 0.717) is 17.2 Å². The molecule has 0 amide bonds. The number of esters is 1. The number of hydrogen-bond acceptors (Lipinski definition) is 4. The summed E-state index contributed by atoms with van der Waals surface area (Å²) in [5.41, 5.74) is 1.72. The van der Waals surface area contributed by atoms with Crippen LogP contribution in [0.15, 0.2) is 18.2 Å². The molecule has 1 aliphatic heterocycles. The summed E-state index contributed by atoms with van der Waals surface area (Å²) in [4.78, 5) is 11.6. The summed E-state index contributed by atoms with van der Waals surface area (Å²) >= 11 is 0. The number of carbonyl (C=O) groups excluding carboxylic acids is 1. The van der Waals surface area contributed by atoms with Crippen molar-refractivity contribution in [2.24, 2.45) is 0 Å². The molecule has 0 spiro atoms. The molecule has 0 bridgehead atoms. The minimum Gasteiger partial charge on any atom is -0.497 e. The Bertz CT molecular complexity index is 431. The van der Waals surface area contributed by atoms with Gasteiger partial charge in [0, 0.05) is 0 Å². The van der Waals surface area contributed by atoms with Gasteiger partial charge in [0.25, 0.3) is 0 Å². The van der Waals surface area contributed by atoms with Gasteiger partial charge in [-0.2, -0.15) is 0 Å². The fourth-order valence-corrected chi connectivity index (χ4v) is 2.37. The van der Waals surface area contributed by atoms with Gasteiger partial charge >= 0.3 is 5.97 Å². The molecule has 4 nitrogen and oxygen atoms in total. The maximum Gasteiger partial charge on any atom is 0.337 e. The first kappa shape index (κ1) is 15.8. The number of nitrogens with one attached hydrogen (secondary N) is 1. The zero-order valence-corrected chi connectivity index (χ0v) is 12.1. The minimum absolute atomic E-state index is 0. The van der Waals surface area contributed by atoms with Gasteiger partial charge in [0.05, 0.1) is 19.8 Å². The Morgan fingerprint density at radius 1 is 1.21 bits per heavy atom. The van der Waals surface area contributed by atoms with Crippen LogP contribution in [0.1, 0.15) is 34.7 Å². The summed E-state index contributed by atoms with van der Waals surface area (Å²) in [5, 5.41) is 3.34. The predicted molar refractivity (Wildman–Crippen MR) is 76.4 cm³/mol. The van der Waals surface area contributed by atoms with E-state index in [1.54, 1.807) is 13.2 Å². The second-order valence-electron chi connectivity index (χ2n) is 4.51. The van der Waals surface area contributed by atoms with Crippen LogP contribution in [0.4, 0.5) is 0 Å². The highest BCUT2D eigenvalue weighted by Gasteiger charge is 2.18. The van der Waals surface area contributed by atoms with Crippen molar-refractivity contribution >= 4 is 18.4 Å². The van der Waals surface area contributed by atoms with Crippen molar-refractivity contribution in [2.45, 2.75) is 18.8 Å². The first-order valence-corrected chi connectivity index (χ1v) is 6.22. The average Bonchev–Trinajstić information content (AvgIpc) is 2.46. The quantitative estimate of drug-likeness (QED) is 0.866. The Morgan fingerprint density at radius 3 is 2.47 bits per heavy atom. The van der Waals surface area contributed by atoms with Gasteiger partial charge in [-0.25, -0.2) is 4.79 Å². The zero-order valence-electron chi connectivity index (χ0n) is 11.3. The summed E-state index contributed by atoms with van der Waals surface area (Å²) in [6.07, 6.45) is 2.18. The Hall–Kier alpha value is -1.26. The number of piperidine rings is 1. The highest BCUT2D eigenvalue weighted by molar-refractivity contribution is 5.90. The lowest BCUT2D eigenvalue weighted by atomic mass is 9.89. The Labute approximate surface area is 119 Å². The van der Waals surface area contributed by atoms with Crippen molar-refractivity contribution < 1.29 is 14.3 Å². The molecule has 1 aromatic rings. The van der Waals surface area contributed by atoms with E-state index in [1.165, 1.54) is 7.11 Å². The zero-order chi connectivity index (χ0) is 13.0. The van der Waals surface area contributed by atoms with E-state index in [0.717, 1.165) is 31.5 Å². The van der Waals surface area contributed by atoms with Gasteiger partial charge < -0.3 is 14.8 Å². The highest BCUT2D eigenvalue weighted by Crippen LogP contribution is 2.29. The number of hydrogen-bond donors (Lipinski definition) is 1. The van der Waals surface area contributed by atoms with Crippen molar-refractivity contribution in [3.8, 4) is 5.75 Å². The summed E-state index contributed by atoms with van der Waals surface area (Å²) in [5.74, 6) is 0.889. The molecule has 1 heterocycles. The van der Waals surface area contributed by atoms with Crippen LogP contribution >= 0.6 is 12.4 Å². The number of rotatable bonds is 3. The van der Waals surface area contributed by atoms with E-state index in [4.69, 9.17) is 9.47 Å². The number of benzene rings is 1. The van der Waals surface area contributed by atoms with Crippen LogP contribution in [0.2, 0.25) is 0 Å². The summed E-state index contributed by atoms with van der Waals surface area (Å²) < 4.78 is 10.0. The highest BCUT2D eigenvalue weighted by atomic mass is 35.5. The minimum atomic E-state index is -0.316. The van der Waals surface area contributed by atoms with Gasteiger partial charge in [0.15, 0.2) is 0 Å². The molecule has 106 valence electrons. The fraction of sp³-hybridized carbons (Fsp3) is 0.500. The lowest BCUT2D eigenvalue weighted by molar-refractivity contribution is 0.0600. The van der Waals surface area contributed by atoms with Gasteiger partial charge in [-0.05, 0) is 55.6 Å². The van der Waals surface area contributed by atoms with Crippen molar-refractivity contribution in [1.29, 1.82) is 0 Å². The van der Waals surface area contributed by atoms with Gasteiger partial charge in [-0.3, -0.25) is 0 Å². The first-order chi connectivity index (χ1) is 8.74. The van der Waals surface area contributed by atoms with Crippen LogP contribution in [-0.2, 0) is 4.74 Å². The van der Waals surface area contributed by atoms with E-state index < -0.39 is 0 Å². The van der Waals surface area contributed by atoms with Gasteiger partial charge in [-0.15, -0.1) is 12.4 Å². The molecule has 1 saturated heterocycles. The van der Waals surface area contributed by atoms with E-state index in [2.05, 4.69) is 5.32 Å². The van der Waals surface area contributed by atoms with E-state index in [-0.39, 0.29) is 18.4 Å². The van der Waals surface area contributed by atoms with Crippen molar-refractivity contribution in [3.05, 3.63) is 29.3 Å². The van der Waals surface area contributed by atoms with Crippen LogP contribution in [0.3, 0.4) is 0 Å². The summed E-state index contributed by atoms with van der Waals surface area (Å²) in [6, 6.07) is 5.66. The number of methoxy groups -OCH3 is 2. The van der Waals surface area contributed by atoms with Crippen LogP contribution in [0.5, 0.6) is 5.75 Å². The lowest BCUT2D eigenvalue weighted by Crippen LogP contribution is -2.26. The first-order valence-electron chi connectivity index (χ1n) is 6.22. The van der Waals surface area contributed by atoms with Gasteiger partial charge in [0.2, 0.25) is 0 Å². The third-order valence-electron chi connectivity index (χ3n) is 3.40. The summed E-state index contributed by atoms with van der Waals surface area (Å²) in [7, 11) is 3.01. The van der Waals surface area contributed by atoms with Gasteiger partial charge in [0.1, 0.15) is 5.75 Å². The fourth-order valence-electron chi connectivity index (χ4n) is 2.37. The third-order valence-corrected chi connectivity index (χ3v) is 3.40. The van der Waals surface area contributed by atoms with Crippen LogP contribution in [0, 0.1) is 0 Å². The van der Waals surface area contributed by atoms with E-state index >= 15 is 0 Å². The molecule has 0 radical (unpaired) electrons. The lowest BCUT2D eigenvalue weighted by Gasteiger charge is -2.23. The largest absolute Gasteiger partial charge is 0.497 e. The molecule has 0 saturated carbocycles. The Kier molecular flexibility index (Phi) is 6.12. The molecule has 1 N–H and O–H groups in total. The Morgan fingerprint density at radius 2 is 1.89 bits per heavy atom. The molecular formula is C14H20ClNO3. The molecular weight excluding hydrogens is 266 g/mol. The second kappa shape index (κ2) is 7.36. The average molecular weight is 286 g/mol. The third kappa shape index (κ3) is 3.85. The van der Waals surface area contributed by atoms with Gasteiger partial charge in [-0.1, -0.05) is 0 Å². The SMILES string of the molecule is COC(=O)c1cc(OC)cc(C2CCNCC2)c1.Cl.